The molecule has 0 aromatic heterocycles. The zero-order valence-electron chi connectivity index (χ0n) is 14.4. The molecule has 0 amide bonds. The maximum Gasteiger partial charge on any atom is 0.127 e. The van der Waals surface area contributed by atoms with Crippen LogP contribution >= 0.6 is 0 Å². The van der Waals surface area contributed by atoms with E-state index in [0.717, 1.165) is 56.5 Å². The maximum atomic E-state index is 10.7. The minimum atomic E-state index is -0.182. The Balaban J connectivity index is 1.51. The van der Waals surface area contributed by atoms with Gasteiger partial charge >= 0.3 is 0 Å². The second-order valence-electron chi connectivity index (χ2n) is 7.43. The fraction of sp³-hybridized carbons (Fsp3) is 0.409. The van der Waals surface area contributed by atoms with Crippen LogP contribution in [0.4, 0.5) is 0 Å². The van der Waals surface area contributed by atoms with E-state index in [1.54, 1.807) is 0 Å². The predicted octanol–water partition coefficient (Wildman–Crippen LogP) is 5.24. The zero-order valence-corrected chi connectivity index (χ0v) is 14.4. The minimum Gasteiger partial charge on any atom is -0.457 e. The molecule has 1 saturated carbocycles. The smallest absolute Gasteiger partial charge is 0.127 e. The van der Waals surface area contributed by atoms with Gasteiger partial charge in [-0.3, -0.25) is 0 Å². The van der Waals surface area contributed by atoms with E-state index in [2.05, 4.69) is 18.2 Å². The van der Waals surface area contributed by atoms with Crippen LogP contribution in [0, 0.1) is 5.41 Å². The number of rotatable bonds is 6. The summed E-state index contributed by atoms with van der Waals surface area (Å²) in [6.07, 6.45) is 6.99. The van der Waals surface area contributed by atoms with Crippen LogP contribution in [0.5, 0.6) is 11.5 Å². The van der Waals surface area contributed by atoms with E-state index in [9.17, 15) is 4.79 Å². The highest BCUT2D eigenvalue weighted by molar-refractivity contribution is 5.49. The molecule has 2 saturated heterocycles. The number of carbonyl (C=O) groups is 1. The van der Waals surface area contributed by atoms with Crippen LogP contribution in [0.1, 0.15) is 44.1 Å². The molecule has 0 unspecified atom stereocenters. The summed E-state index contributed by atoms with van der Waals surface area (Å²) in [5.41, 5.74) is 1.25. The SMILES string of the molecule is O=CCCC12CCC(c3cccc(Oc4ccccc4)c3)(CC1)OC2. The molecule has 2 aliphatic heterocycles. The van der Waals surface area contributed by atoms with Gasteiger partial charge in [-0.25, -0.2) is 0 Å². The van der Waals surface area contributed by atoms with Gasteiger partial charge in [0.05, 0.1) is 12.2 Å². The fourth-order valence-corrected chi connectivity index (χ4v) is 4.29. The summed E-state index contributed by atoms with van der Waals surface area (Å²) in [6, 6.07) is 18.2. The molecule has 2 aromatic carbocycles. The Morgan fingerprint density at radius 2 is 1.72 bits per heavy atom. The van der Waals surface area contributed by atoms with Gasteiger partial charge in [-0.15, -0.1) is 0 Å². The van der Waals surface area contributed by atoms with E-state index in [4.69, 9.17) is 9.47 Å². The summed E-state index contributed by atoms with van der Waals surface area (Å²) in [7, 11) is 0. The number of benzene rings is 2. The van der Waals surface area contributed by atoms with E-state index in [0.29, 0.717) is 6.42 Å². The van der Waals surface area contributed by atoms with E-state index >= 15 is 0 Å². The van der Waals surface area contributed by atoms with Gasteiger partial charge in [-0.2, -0.15) is 0 Å². The van der Waals surface area contributed by atoms with Crippen molar-refractivity contribution in [3.05, 3.63) is 60.2 Å². The number of ether oxygens (including phenoxy) is 2. The standard InChI is InChI=1S/C22H24O3/c23-15-5-10-21-11-13-22(14-12-21,24-17-21)18-6-4-9-20(16-18)25-19-7-2-1-3-8-19/h1-4,6-9,15-16H,5,10-14,17H2. The summed E-state index contributed by atoms with van der Waals surface area (Å²) in [5.74, 6) is 1.70. The van der Waals surface area contributed by atoms with Crippen molar-refractivity contribution in [3.8, 4) is 11.5 Å². The normalized spacial score (nSPS) is 27.8. The summed E-state index contributed by atoms with van der Waals surface area (Å²) in [5, 5.41) is 0. The molecule has 2 bridgehead atoms. The molecule has 0 N–H and O–H groups in total. The van der Waals surface area contributed by atoms with Crippen molar-refractivity contribution in [2.24, 2.45) is 5.41 Å². The Morgan fingerprint density at radius 3 is 2.40 bits per heavy atom. The Morgan fingerprint density at radius 1 is 0.960 bits per heavy atom. The van der Waals surface area contributed by atoms with Crippen LogP contribution in [0.15, 0.2) is 54.6 Å². The predicted molar refractivity (Wildman–Crippen MR) is 96.8 cm³/mol. The highest BCUT2D eigenvalue weighted by atomic mass is 16.5. The van der Waals surface area contributed by atoms with Crippen LogP contribution in [0.3, 0.4) is 0 Å². The van der Waals surface area contributed by atoms with E-state index in [1.165, 1.54) is 5.56 Å². The topological polar surface area (TPSA) is 35.5 Å². The minimum absolute atomic E-state index is 0.182. The summed E-state index contributed by atoms with van der Waals surface area (Å²) >= 11 is 0. The van der Waals surface area contributed by atoms with Gasteiger partial charge in [0, 0.05) is 6.42 Å². The zero-order chi connectivity index (χ0) is 17.2. The molecule has 3 heteroatoms. The average molecular weight is 336 g/mol. The molecule has 1 aliphatic carbocycles. The van der Waals surface area contributed by atoms with Gasteiger partial charge in [-0.1, -0.05) is 30.3 Å². The van der Waals surface area contributed by atoms with Crippen molar-refractivity contribution >= 4 is 6.29 Å². The first-order valence-corrected chi connectivity index (χ1v) is 9.15. The largest absolute Gasteiger partial charge is 0.457 e. The van der Waals surface area contributed by atoms with Crippen molar-refractivity contribution in [2.45, 2.75) is 44.1 Å². The second kappa shape index (κ2) is 6.64. The lowest BCUT2D eigenvalue weighted by Crippen LogP contribution is -2.49. The molecule has 0 atom stereocenters. The Hall–Kier alpha value is -2.13. The van der Waals surface area contributed by atoms with Gasteiger partial charge in [0.2, 0.25) is 0 Å². The van der Waals surface area contributed by atoms with Gasteiger partial charge in [0.25, 0.3) is 0 Å². The van der Waals surface area contributed by atoms with E-state index in [-0.39, 0.29) is 11.0 Å². The average Bonchev–Trinajstić information content (AvgIpc) is 2.69. The molecular weight excluding hydrogens is 312 g/mol. The van der Waals surface area contributed by atoms with Gasteiger partial charge in [-0.05, 0) is 67.3 Å². The Labute approximate surface area is 149 Å². The van der Waals surface area contributed by atoms with E-state index in [1.807, 2.05) is 36.4 Å². The van der Waals surface area contributed by atoms with Crippen molar-refractivity contribution in [1.29, 1.82) is 0 Å². The first-order chi connectivity index (χ1) is 12.2. The Kier molecular flexibility index (Phi) is 4.34. The number of aldehydes is 1. The third-order valence-electron chi connectivity index (χ3n) is 5.90. The molecule has 25 heavy (non-hydrogen) atoms. The summed E-state index contributed by atoms with van der Waals surface area (Å²) < 4.78 is 12.4. The molecule has 2 aromatic rings. The lowest BCUT2D eigenvalue weighted by molar-refractivity contribution is -0.191. The molecule has 3 nitrogen and oxygen atoms in total. The molecule has 3 fully saturated rings. The second-order valence-corrected chi connectivity index (χ2v) is 7.43. The molecule has 2 heterocycles. The Bertz CT molecular complexity index is 713. The van der Waals surface area contributed by atoms with Crippen LogP contribution < -0.4 is 4.74 Å². The molecule has 0 spiro atoms. The molecule has 3 aliphatic rings. The quantitative estimate of drug-likeness (QED) is 0.676. The summed E-state index contributed by atoms with van der Waals surface area (Å²) in [6.45, 7) is 0.768. The van der Waals surface area contributed by atoms with Crippen molar-refractivity contribution in [1.82, 2.24) is 0 Å². The molecular formula is C22H24O3. The lowest BCUT2D eigenvalue weighted by Gasteiger charge is -2.53. The number of hydrogen-bond acceptors (Lipinski definition) is 3. The van der Waals surface area contributed by atoms with Crippen LogP contribution in [0.25, 0.3) is 0 Å². The van der Waals surface area contributed by atoms with Gasteiger partial charge in [0.1, 0.15) is 17.8 Å². The lowest BCUT2D eigenvalue weighted by atomic mass is 9.62. The van der Waals surface area contributed by atoms with Crippen molar-refractivity contribution in [2.75, 3.05) is 6.61 Å². The molecule has 0 radical (unpaired) electrons. The van der Waals surface area contributed by atoms with Gasteiger partial charge in [0.15, 0.2) is 0 Å². The molecule has 130 valence electrons. The van der Waals surface area contributed by atoms with Crippen LogP contribution in [0.2, 0.25) is 0 Å². The number of carbonyl (C=O) groups excluding carboxylic acids is 1. The van der Waals surface area contributed by atoms with Crippen molar-refractivity contribution < 1.29 is 14.3 Å². The highest BCUT2D eigenvalue weighted by Gasteiger charge is 2.50. The van der Waals surface area contributed by atoms with Gasteiger partial charge < -0.3 is 14.3 Å². The first kappa shape index (κ1) is 16.3. The third kappa shape index (κ3) is 3.21. The first-order valence-electron chi connectivity index (χ1n) is 9.15. The number of fused-ring (bicyclic) bond motifs is 3. The van der Waals surface area contributed by atoms with Crippen LogP contribution in [-0.2, 0) is 15.1 Å². The highest BCUT2D eigenvalue weighted by Crippen LogP contribution is 2.55. The van der Waals surface area contributed by atoms with Crippen molar-refractivity contribution in [3.63, 3.8) is 0 Å². The number of hydrogen-bond donors (Lipinski definition) is 0. The number of para-hydroxylation sites is 1. The monoisotopic (exact) mass is 336 g/mol. The van der Waals surface area contributed by atoms with Crippen LogP contribution in [-0.4, -0.2) is 12.9 Å². The third-order valence-corrected chi connectivity index (χ3v) is 5.90. The summed E-state index contributed by atoms with van der Waals surface area (Å²) in [4.78, 5) is 10.7. The molecule has 5 rings (SSSR count). The van der Waals surface area contributed by atoms with E-state index < -0.39 is 0 Å². The fourth-order valence-electron chi connectivity index (χ4n) is 4.29. The maximum absolute atomic E-state index is 10.7.